The minimum atomic E-state index is -0.113. The highest BCUT2D eigenvalue weighted by atomic mass is 32.1. The van der Waals surface area contributed by atoms with Crippen molar-refractivity contribution in [2.24, 2.45) is 0 Å². The van der Waals surface area contributed by atoms with Crippen molar-refractivity contribution in [3.8, 4) is 11.5 Å². The Bertz CT molecular complexity index is 823. The van der Waals surface area contributed by atoms with E-state index in [0.717, 1.165) is 40.3 Å². The van der Waals surface area contributed by atoms with Gasteiger partial charge >= 0.3 is 0 Å². The molecule has 1 aromatic carbocycles. The lowest BCUT2D eigenvalue weighted by molar-refractivity contribution is -0.133. The summed E-state index contributed by atoms with van der Waals surface area (Å²) < 4.78 is 11.2. The molecule has 1 aliphatic rings. The number of piperazine rings is 1. The molecule has 0 saturated carbocycles. The number of aryl methyl sites for hydroxylation is 1. The molecule has 1 saturated heterocycles. The van der Waals surface area contributed by atoms with Gasteiger partial charge in [0.1, 0.15) is 16.5 Å². The molecule has 152 valence electrons. The van der Waals surface area contributed by atoms with Crippen molar-refractivity contribution in [1.29, 1.82) is 0 Å². The van der Waals surface area contributed by atoms with E-state index in [2.05, 4.69) is 35.9 Å². The largest absolute Gasteiger partial charge is 0.497 e. The summed E-state index contributed by atoms with van der Waals surface area (Å²) in [6, 6.07) is 5.71. The number of rotatable bonds is 5. The van der Waals surface area contributed by atoms with E-state index in [4.69, 9.17) is 9.47 Å². The molecule has 28 heavy (non-hydrogen) atoms. The number of aromatic nitrogens is 2. The number of carbonyl (C=O) groups is 1. The fourth-order valence-electron chi connectivity index (χ4n) is 3.14. The first-order valence-electron chi connectivity index (χ1n) is 9.42. The summed E-state index contributed by atoms with van der Waals surface area (Å²) in [6.07, 6.45) is 0. The second-order valence-corrected chi connectivity index (χ2v) is 9.03. The topological polar surface area (TPSA) is 67.8 Å². The Morgan fingerprint density at radius 2 is 1.89 bits per heavy atom. The van der Waals surface area contributed by atoms with Gasteiger partial charge in [-0.2, -0.15) is 0 Å². The number of hydrogen-bond acceptors (Lipinski definition) is 7. The summed E-state index contributed by atoms with van der Waals surface area (Å²) in [5.74, 6) is 1.51. The van der Waals surface area contributed by atoms with E-state index < -0.39 is 0 Å². The fourth-order valence-corrected chi connectivity index (χ4v) is 3.88. The molecule has 1 fully saturated rings. The van der Waals surface area contributed by atoms with E-state index in [9.17, 15) is 4.79 Å². The molecule has 2 heterocycles. The number of amides is 1. The van der Waals surface area contributed by atoms with E-state index in [1.165, 1.54) is 0 Å². The van der Waals surface area contributed by atoms with Crippen LogP contribution in [-0.4, -0.2) is 60.9 Å². The normalized spacial score (nSPS) is 14.9. The SMILES string of the molecule is COc1ccc(OCC(=O)N2CCN(c3nnc(C)s3)CC2)c(C(C)(C)C)c1. The summed E-state index contributed by atoms with van der Waals surface area (Å²) in [5.41, 5.74) is 0.911. The molecule has 0 bridgehead atoms. The minimum Gasteiger partial charge on any atom is -0.497 e. The molecule has 0 spiro atoms. The van der Waals surface area contributed by atoms with Crippen molar-refractivity contribution in [2.75, 3.05) is 44.8 Å². The van der Waals surface area contributed by atoms with Gasteiger partial charge in [-0.15, -0.1) is 10.2 Å². The molecule has 8 heteroatoms. The Morgan fingerprint density at radius 1 is 1.18 bits per heavy atom. The van der Waals surface area contributed by atoms with Gasteiger partial charge in [0.2, 0.25) is 5.13 Å². The first kappa shape index (κ1) is 20.4. The van der Waals surface area contributed by atoms with Crippen molar-refractivity contribution in [1.82, 2.24) is 15.1 Å². The van der Waals surface area contributed by atoms with Crippen LogP contribution < -0.4 is 14.4 Å². The molecule has 3 rings (SSSR count). The molecular weight excluding hydrogens is 376 g/mol. The van der Waals surface area contributed by atoms with E-state index in [-0.39, 0.29) is 17.9 Å². The van der Waals surface area contributed by atoms with Gasteiger partial charge in [0, 0.05) is 31.7 Å². The van der Waals surface area contributed by atoms with Crippen molar-refractivity contribution >= 4 is 22.4 Å². The highest BCUT2D eigenvalue weighted by Crippen LogP contribution is 2.34. The van der Waals surface area contributed by atoms with Crippen LogP contribution in [0.1, 0.15) is 31.3 Å². The predicted molar refractivity (Wildman–Crippen MR) is 111 cm³/mol. The Hall–Kier alpha value is -2.35. The third kappa shape index (κ3) is 4.73. The monoisotopic (exact) mass is 404 g/mol. The van der Waals surface area contributed by atoms with Gasteiger partial charge in [0.05, 0.1) is 7.11 Å². The molecule has 0 N–H and O–H groups in total. The van der Waals surface area contributed by atoms with Gasteiger partial charge < -0.3 is 19.3 Å². The molecule has 2 aromatic rings. The van der Waals surface area contributed by atoms with Crippen LogP contribution in [0.4, 0.5) is 5.13 Å². The van der Waals surface area contributed by atoms with Crippen LogP contribution in [0.25, 0.3) is 0 Å². The average Bonchev–Trinajstić information content (AvgIpc) is 3.11. The van der Waals surface area contributed by atoms with E-state index in [0.29, 0.717) is 13.1 Å². The van der Waals surface area contributed by atoms with E-state index in [1.807, 2.05) is 30.0 Å². The number of ether oxygens (including phenoxy) is 2. The van der Waals surface area contributed by atoms with Crippen LogP contribution in [0, 0.1) is 6.92 Å². The Kier molecular flexibility index (Phi) is 6.07. The van der Waals surface area contributed by atoms with Crippen LogP contribution in [-0.2, 0) is 10.2 Å². The summed E-state index contributed by atoms with van der Waals surface area (Å²) in [4.78, 5) is 16.7. The highest BCUT2D eigenvalue weighted by Gasteiger charge is 2.25. The van der Waals surface area contributed by atoms with Crippen molar-refractivity contribution in [3.63, 3.8) is 0 Å². The Balaban J connectivity index is 1.58. The molecule has 0 aliphatic carbocycles. The highest BCUT2D eigenvalue weighted by molar-refractivity contribution is 7.15. The van der Waals surface area contributed by atoms with Crippen LogP contribution in [0.2, 0.25) is 0 Å². The number of hydrogen-bond donors (Lipinski definition) is 0. The van der Waals surface area contributed by atoms with Gasteiger partial charge in [-0.05, 0) is 30.5 Å². The molecule has 1 amide bonds. The number of methoxy groups -OCH3 is 1. The maximum Gasteiger partial charge on any atom is 0.260 e. The van der Waals surface area contributed by atoms with Gasteiger partial charge in [-0.3, -0.25) is 4.79 Å². The van der Waals surface area contributed by atoms with E-state index in [1.54, 1.807) is 18.4 Å². The zero-order valence-electron chi connectivity index (χ0n) is 17.2. The molecule has 7 nitrogen and oxygen atoms in total. The summed E-state index contributed by atoms with van der Waals surface area (Å²) >= 11 is 1.58. The zero-order chi connectivity index (χ0) is 20.3. The summed E-state index contributed by atoms with van der Waals surface area (Å²) in [6.45, 7) is 11.2. The van der Waals surface area contributed by atoms with Crippen molar-refractivity contribution in [3.05, 3.63) is 28.8 Å². The van der Waals surface area contributed by atoms with Crippen LogP contribution in [0.3, 0.4) is 0 Å². The Labute approximate surface area is 170 Å². The molecular formula is C20H28N4O3S. The lowest BCUT2D eigenvalue weighted by Gasteiger charge is -2.34. The minimum absolute atomic E-state index is 0.00349. The first-order chi connectivity index (χ1) is 13.3. The quantitative estimate of drug-likeness (QED) is 0.763. The summed E-state index contributed by atoms with van der Waals surface area (Å²) in [7, 11) is 1.65. The van der Waals surface area contributed by atoms with Crippen molar-refractivity contribution in [2.45, 2.75) is 33.1 Å². The fraction of sp³-hybridized carbons (Fsp3) is 0.550. The van der Waals surface area contributed by atoms with Gasteiger partial charge in [-0.1, -0.05) is 32.1 Å². The number of benzene rings is 1. The van der Waals surface area contributed by atoms with Gasteiger partial charge in [-0.25, -0.2) is 0 Å². The van der Waals surface area contributed by atoms with Crippen LogP contribution >= 0.6 is 11.3 Å². The Morgan fingerprint density at radius 3 is 2.46 bits per heavy atom. The number of nitrogens with zero attached hydrogens (tertiary/aromatic N) is 4. The third-order valence-corrected chi connectivity index (χ3v) is 5.66. The molecule has 0 unspecified atom stereocenters. The zero-order valence-corrected chi connectivity index (χ0v) is 18.0. The second-order valence-electron chi connectivity index (χ2n) is 7.87. The third-order valence-electron chi connectivity index (χ3n) is 4.76. The van der Waals surface area contributed by atoms with Gasteiger partial charge in [0.25, 0.3) is 5.91 Å². The average molecular weight is 405 g/mol. The molecule has 0 atom stereocenters. The standard InChI is InChI=1S/C20H28N4O3S/c1-14-21-22-19(28-14)24-10-8-23(9-11-24)18(25)13-27-17-7-6-15(26-5)12-16(17)20(2,3)4/h6-7,12H,8-11,13H2,1-5H3. The van der Waals surface area contributed by atoms with Crippen LogP contribution in [0.5, 0.6) is 11.5 Å². The molecule has 1 aromatic heterocycles. The lowest BCUT2D eigenvalue weighted by Crippen LogP contribution is -2.50. The van der Waals surface area contributed by atoms with Crippen LogP contribution in [0.15, 0.2) is 18.2 Å². The maximum atomic E-state index is 12.6. The molecule has 1 aliphatic heterocycles. The van der Waals surface area contributed by atoms with Gasteiger partial charge in [0.15, 0.2) is 6.61 Å². The molecule has 0 radical (unpaired) electrons. The maximum absolute atomic E-state index is 12.6. The lowest BCUT2D eigenvalue weighted by atomic mass is 9.86. The first-order valence-corrected chi connectivity index (χ1v) is 10.2. The van der Waals surface area contributed by atoms with Crippen molar-refractivity contribution < 1.29 is 14.3 Å². The summed E-state index contributed by atoms with van der Waals surface area (Å²) in [5, 5.41) is 10.1. The number of carbonyl (C=O) groups excluding carboxylic acids is 1. The van der Waals surface area contributed by atoms with E-state index >= 15 is 0 Å². The number of anilines is 1. The predicted octanol–water partition coefficient (Wildman–Crippen LogP) is 2.88. The smallest absolute Gasteiger partial charge is 0.260 e. The second kappa shape index (κ2) is 8.34.